The zero-order valence-electron chi connectivity index (χ0n) is 7.37. The van der Waals surface area contributed by atoms with Crippen LogP contribution in [0.1, 0.15) is 18.5 Å². The maximum atomic E-state index is 9.29. The summed E-state index contributed by atoms with van der Waals surface area (Å²) in [4.78, 5) is 0. The van der Waals surface area contributed by atoms with Crippen LogP contribution in [0.5, 0.6) is 0 Å². The minimum Gasteiger partial charge on any atom is -0.399 e. The first kappa shape index (κ1) is 10.5. The van der Waals surface area contributed by atoms with Crippen molar-refractivity contribution < 1.29 is 5.11 Å². The first-order chi connectivity index (χ1) is 6.02. The Morgan fingerprint density at radius 3 is 2.54 bits per heavy atom. The van der Waals surface area contributed by atoms with Crippen molar-refractivity contribution in [1.29, 1.82) is 0 Å². The molecule has 1 aromatic rings. The Kier molecular flexibility index (Phi) is 3.30. The van der Waals surface area contributed by atoms with E-state index in [1.54, 1.807) is 19.1 Å². The van der Waals surface area contributed by atoms with Gasteiger partial charge in [0.15, 0.2) is 0 Å². The molecule has 0 aliphatic rings. The van der Waals surface area contributed by atoms with Crippen molar-refractivity contribution in [3.05, 3.63) is 28.2 Å². The molecule has 2 atom stereocenters. The second-order valence-electron chi connectivity index (χ2n) is 3.05. The van der Waals surface area contributed by atoms with E-state index in [0.29, 0.717) is 5.69 Å². The van der Waals surface area contributed by atoms with Gasteiger partial charge in [0.25, 0.3) is 0 Å². The molecule has 0 saturated carbocycles. The van der Waals surface area contributed by atoms with Crippen LogP contribution in [0.4, 0.5) is 5.69 Å². The van der Waals surface area contributed by atoms with Crippen molar-refractivity contribution in [2.45, 2.75) is 19.1 Å². The summed E-state index contributed by atoms with van der Waals surface area (Å²) in [5.74, 6) is 0. The predicted molar refractivity (Wildman–Crippen MR) is 57.2 cm³/mol. The van der Waals surface area contributed by atoms with E-state index in [9.17, 15) is 5.11 Å². The van der Waals surface area contributed by atoms with Gasteiger partial charge in [-0.2, -0.15) is 0 Å². The largest absolute Gasteiger partial charge is 0.399 e. The SMILES string of the molecule is C[C@H](O)[C@H](N)c1ccc(N)cc1Br. The van der Waals surface area contributed by atoms with Gasteiger partial charge in [-0.15, -0.1) is 0 Å². The van der Waals surface area contributed by atoms with Crippen LogP contribution < -0.4 is 11.5 Å². The molecule has 4 heteroatoms. The van der Waals surface area contributed by atoms with Crippen LogP contribution in [-0.4, -0.2) is 11.2 Å². The van der Waals surface area contributed by atoms with Crippen LogP contribution in [0.3, 0.4) is 0 Å². The summed E-state index contributed by atoms with van der Waals surface area (Å²) in [6, 6.07) is 4.98. The molecule has 0 spiro atoms. The quantitative estimate of drug-likeness (QED) is 0.690. The lowest BCUT2D eigenvalue weighted by atomic mass is 10.0. The van der Waals surface area contributed by atoms with E-state index in [1.807, 2.05) is 6.07 Å². The molecule has 0 bridgehead atoms. The molecule has 0 radical (unpaired) electrons. The van der Waals surface area contributed by atoms with Crippen LogP contribution >= 0.6 is 15.9 Å². The van der Waals surface area contributed by atoms with Crippen molar-refractivity contribution in [3.8, 4) is 0 Å². The Bertz CT molecular complexity index is 302. The molecule has 1 rings (SSSR count). The second kappa shape index (κ2) is 4.09. The molecular weight excluding hydrogens is 232 g/mol. The van der Waals surface area contributed by atoms with Crippen molar-refractivity contribution in [3.63, 3.8) is 0 Å². The fourth-order valence-corrected chi connectivity index (χ4v) is 1.73. The molecule has 0 aromatic heterocycles. The van der Waals surface area contributed by atoms with E-state index in [2.05, 4.69) is 15.9 Å². The van der Waals surface area contributed by atoms with Gasteiger partial charge in [0.2, 0.25) is 0 Å². The Balaban J connectivity index is 3.01. The average Bonchev–Trinajstić information content (AvgIpc) is 2.03. The third-order valence-corrected chi connectivity index (χ3v) is 2.59. The number of rotatable bonds is 2. The summed E-state index contributed by atoms with van der Waals surface area (Å²) in [6.45, 7) is 1.66. The molecule has 3 nitrogen and oxygen atoms in total. The van der Waals surface area contributed by atoms with E-state index in [0.717, 1.165) is 10.0 Å². The van der Waals surface area contributed by atoms with E-state index in [4.69, 9.17) is 11.5 Å². The summed E-state index contributed by atoms with van der Waals surface area (Å²) in [7, 11) is 0. The fraction of sp³-hybridized carbons (Fsp3) is 0.333. The van der Waals surface area contributed by atoms with Crippen molar-refractivity contribution >= 4 is 21.6 Å². The molecular formula is C9H13BrN2O. The summed E-state index contributed by atoms with van der Waals surface area (Å²) in [6.07, 6.45) is -0.570. The van der Waals surface area contributed by atoms with Gasteiger partial charge in [-0.3, -0.25) is 0 Å². The van der Waals surface area contributed by atoms with E-state index >= 15 is 0 Å². The molecule has 0 heterocycles. The van der Waals surface area contributed by atoms with Crippen molar-refractivity contribution in [2.75, 3.05) is 5.73 Å². The smallest absolute Gasteiger partial charge is 0.0705 e. The molecule has 0 fully saturated rings. The Hall–Kier alpha value is -0.580. The monoisotopic (exact) mass is 244 g/mol. The number of anilines is 1. The van der Waals surface area contributed by atoms with Crippen LogP contribution in [0.15, 0.2) is 22.7 Å². The van der Waals surface area contributed by atoms with Crippen LogP contribution in [-0.2, 0) is 0 Å². The predicted octanol–water partition coefficient (Wildman–Crippen LogP) is 1.41. The van der Waals surface area contributed by atoms with Gasteiger partial charge in [-0.25, -0.2) is 0 Å². The number of benzene rings is 1. The first-order valence-corrected chi connectivity index (χ1v) is 4.80. The summed E-state index contributed by atoms with van der Waals surface area (Å²) < 4.78 is 0.834. The topological polar surface area (TPSA) is 72.3 Å². The van der Waals surface area contributed by atoms with Gasteiger partial charge in [-0.05, 0) is 24.6 Å². The minimum atomic E-state index is -0.570. The lowest BCUT2D eigenvalue weighted by molar-refractivity contribution is 0.164. The number of aliphatic hydroxyl groups excluding tert-OH is 1. The lowest BCUT2D eigenvalue weighted by Gasteiger charge is -2.16. The Morgan fingerprint density at radius 2 is 2.08 bits per heavy atom. The first-order valence-electron chi connectivity index (χ1n) is 4.01. The van der Waals surface area contributed by atoms with Crippen LogP contribution in [0.25, 0.3) is 0 Å². The van der Waals surface area contributed by atoms with Gasteiger partial charge < -0.3 is 16.6 Å². The van der Waals surface area contributed by atoms with E-state index in [-0.39, 0.29) is 6.04 Å². The number of hydrogen-bond acceptors (Lipinski definition) is 3. The normalized spacial score (nSPS) is 15.4. The summed E-state index contributed by atoms with van der Waals surface area (Å²) in [5, 5.41) is 9.29. The highest BCUT2D eigenvalue weighted by molar-refractivity contribution is 9.10. The third kappa shape index (κ3) is 2.43. The number of nitrogens with two attached hydrogens (primary N) is 2. The van der Waals surface area contributed by atoms with Gasteiger partial charge in [-0.1, -0.05) is 22.0 Å². The highest BCUT2D eigenvalue weighted by Crippen LogP contribution is 2.25. The molecule has 0 saturated heterocycles. The van der Waals surface area contributed by atoms with Gasteiger partial charge in [0.1, 0.15) is 0 Å². The van der Waals surface area contributed by atoms with Gasteiger partial charge in [0.05, 0.1) is 12.1 Å². The van der Waals surface area contributed by atoms with Gasteiger partial charge in [0, 0.05) is 10.2 Å². The fourth-order valence-electron chi connectivity index (χ4n) is 1.07. The molecule has 72 valence electrons. The third-order valence-electron chi connectivity index (χ3n) is 1.90. The Labute approximate surface area is 85.9 Å². The number of aliphatic hydroxyl groups is 1. The maximum absolute atomic E-state index is 9.29. The zero-order valence-corrected chi connectivity index (χ0v) is 8.95. The standard InChI is InChI=1S/C9H13BrN2O/c1-5(13)9(12)7-3-2-6(11)4-8(7)10/h2-5,9,13H,11-12H2,1H3/t5-,9-/m0/s1. The maximum Gasteiger partial charge on any atom is 0.0705 e. The van der Waals surface area contributed by atoms with Crippen LogP contribution in [0, 0.1) is 0 Å². The number of hydrogen-bond donors (Lipinski definition) is 3. The molecule has 0 amide bonds. The highest BCUT2D eigenvalue weighted by Gasteiger charge is 2.14. The highest BCUT2D eigenvalue weighted by atomic mass is 79.9. The molecule has 0 unspecified atom stereocenters. The second-order valence-corrected chi connectivity index (χ2v) is 3.90. The molecule has 0 aliphatic carbocycles. The number of halogens is 1. The summed E-state index contributed by atoms with van der Waals surface area (Å²) in [5.41, 5.74) is 12.9. The molecule has 1 aromatic carbocycles. The van der Waals surface area contributed by atoms with E-state index in [1.165, 1.54) is 0 Å². The Morgan fingerprint density at radius 1 is 1.46 bits per heavy atom. The van der Waals surface area contributed by atoms with Crippen LogP contribution in [0.2, 0.25) is 0 Å². The minimum absolute atomic E-state index is 0.380. The van der Waals surface area contributed by atoms with Crippen molar-refractivity contribution in [2.24, 2.45) is 5.73 Å². The van der Waals surface area contributed by atoms with Gasteiger partial charge >= 0.3 is 0 Å². The van der Waals surface area contributed by atoms with E-state index < -0.39 is 6.10 Å². The average molecular weight is 245 g/mol. The molecule has 0 aliphatic heterocycles. The zero-order chi connectivity index (χ0) is 10.0. The summed E-state index contributed by atoms with van der Waals surface area (Å²) >= 11 is 3.34. The molecule has 5 N–H and O–H groups in total. The lowest BCUT2D eigenvalue weighted by Crippen LogP contribution is -2.23. The van der Waals surface area contributed by atoms with Crippen molar-refractivity contribution in [1.82, 2.24) is 0 Å². The molecule has 13 heavy (non-hydrogen) atoms. The number of nitrogen functional groups attached to an aromatic ring is 1.